The van der Waals surface area contributed by atoms with Crippen molar-refractivity contribution in [1.29, 1.82) is 0 Å². The standard InChI is InChI=1S/C21H17Cl2N3O4S/c1-2-30-10-9-25-18-15(8-7-14(22)17(18)23)31-21(25)24-16(27)11-26-19(28)12-5-3-4-6-13(12)20(26)29/h3-8H,2,9-11H2,1H3. The van der Waals surface area contributed by atoms with Crippen LogP contribution in [0.15, 0.2) is 41.4 Å². The van der Waals surface area contributed by atoms with Gasteiger partial charge in [-0.15, -0.1) is 0 Å². The van der Waals surface area contributed by atoms with Gasteiger partial charge in [-0.3, -0.25) is 19.3 Å². The summed E-state index contributed by atoms with van der Waals surface area (Å²) in [7, 11) is 0. The average Bonchev–Trinajstić information content (AvgIpc) is 3.22. The highest BCUT2D eigenvalue weighted by Gasteiger charge is 2.36. The van der Waals surface area contributed by atoms with E-state index in [1.54, 1.807) is 41.0 Å². The van der Waals surface area contributed by atoms with Gasteiger partial charge in [-0.05, 0) is 31.2 Å². The molecule has 160 valence electrons. The maximum Gasteiger partial charge on any atom is 0.268 e. The van der Waals surface area contributed by atoms with Crippen LogP contribution in [0.2, 0.25) is 10.0 Å². The van der Waals surface area contributed by atoms with E-state index in [1.807, 2.05) is 6.92 Å². The summed E-state index contributed by atoms with van der Waals surface area (Å²) in [4.78, 5) is 43.2. The van der Waals surface area contributed by atoms with E-state index < -0.39 is 24.3 Å². The molecule has 0 aliphatic carbocycles. The number of imide groups is 1. The predicted octanol–water partition coefficient (Wildman–Crippen LogP) is 3.77. The van der Waals surface area contributed by atoms with Crippen LogP contribution < -0.4 is 4.80 Å². The fourth-order valence-electron chi connectivity index (χ4n) is 3.36. The zero-order valence-electron chi connectivity index (χ0n) is 16.4. The summed E-state index contributed by atoms with van der Waals surface area (Å²) in [5.41, 5.74) is 1.23. The average molecular weight is 478 g/mol. The fraction of sp³-hybridized carbons (Fsp3) is 0.238. The fourth-order valence-corrected chi connectivity index (χ4v) is 4.91. The summed E-state index contributed by atoms with van der Waals surface area (Å²) in [6, 6.07) is 9.96. The Hall–Kier alpha value is -2.52. The van der Waals surface area contributed by atoms with Crippen LogP contribution in [-0.4, -0.2) is 46.9 Å². The summed E-state index contributed by atoms with van der Waals surface area (Å²) in [6.07, 6.45) is 0. The smallest absolute Gasteiger partial charge is 0.268 e. The van der Waals surface area contributed by atoms with Crippen molar-refractivity contribution in [2.75, 3.05) is 19.8 Å². The van der Waals surface area contributed by atoms with Gasteiger partial charge in [-0.25, -0.2) is 0 Å². The Labute approximate surface area is 191 Å². The molecule has 0 spiro atoms. The summed E-state index contributed by atoms with van der Waals surface area (Å²) in [6.45, 7) is 2.79. The van der Waals surface area contributed by atoms with Gasteiger partial charge >= 0.3 is 0 Å². The first-order chi connectivity index (χ1) is 14.9. The molecule has 0 radical (unpaired) electrons. The Morgan fingerprint density at radius 2 is 1.77 bits per heavy atom. The van der Waals surface area contributed by atoms with Crippen LogP contribution in [0.4, 0.5) is 0 Å². The molecule has 1 aliphatic rings. The molecule has 2 heterocycles. The Kier molecular flexibility index (Phi) is 6.24. The molecule has 1 aromatic heterocycles. The monoisotopic (exact) mass is 477 g/mol. The van der Waals surface area contributed by atoms with Crippen LogP contribution in [0.1, 0.15) is 27.6 Å². The third-order valence-corrected chi connectivity index (χ3v) is 6.63. The lowest BCUT2D eigenvalue weighted by Crippen LogP contribution is -2.35. The van der Waals surface area contributed by atoms with Crippen molar-refractivity contribution in [2.45, 2.75) is 13.5 Å². The summed E-state index contributed by atoms with van der Waals surface area (Å²) in [5, 5.41) is 0.752. The maximum absolute atomic E-state index is 12.7. The van der Waals surface area contributed by atoms with Crippen LogP contribution in [0.5, 0.6) is 0 Å². The number of ether oxygens (including phenoxy) is 1. The second-order valence-electron chi connectivity index (χ2n) is 6.69. The molecular weight excluding hydrogens is 461 g/mol. The minimum Gasteiger partial charge on any atom is -0.380 e. The van der Waals surface area contributed by atoms with Crippen LogP contribution in [0.25, 0.3) is 10.2 Å². The number of rotatable bonds is 6. The molecule has 4 rings (SSSR count). The first-order valence-corrected chi connectivity index (χ1v) is 11.1. The highest BCUT2D eigenvalue weighted by molar-refractivity contribution is 7.16. The number of carbonyl (C=O) groups excluding carboxylic acids is 3. The van der Waals surface area contributed by atoms with Gasteiger partial charge in [-0.1, -0.05) is 46.7 Å². The first kappa shape index (κ1) is 21.7. The molecule has 0 unspecified atom stereocenters. The largest absolute Gasteiger partial charge is 0.380 e. The van der Waals surface area contributed by atoms with Crippen LogP contribution >= 0.6 is 34.5 Å². The molecule has 3 aromatic rings. The third kappa shape index (κ3) is 4.04. The number of benzene rings is 2. The minimum absolute atomic E-state index is 0.287. The zero-order valence-corrected chi connectivity index (χ0v) is 18.8. The van der Waals surface area contributed by atoms with E-state index >= 15 is 0 Å². The highest BCUT2D eigenvalue weighted by atomic mass is 35.5. The van der Waals surface area contributed by atoms with E-state index in [-0.39, 0.29) is 11.1 Å². The van der Waals surface area contributed by atoms with E-state index in [0.29, 0.717) is 40.1 Å². The van der Waals surface area contributed by atoms with Gasteiger partial charge in [0.2, 0.25) is 0 Å². The number of amides is 3. The van der Waals surface area contributed by atoms with Crippen LogP contribution in [0.3, 0.4) is 0 Å². The first-order valence-electron chi connectivity index (χ1n) is 9.50. The summed E-state index contributed by atoms with van der Waals surface area (Å²) < 4.78 is 8.01. The molecule has 0 N–H and O–H groups in total. The molecule has 7 nitrogen and oxygen atoms in total. The molecule has 31 heavy (non-hydrogen) atoms. The van der Waals surface area contributed by atoms with E-state index in [1.165, 1.54) is 11.3 Å². The van der Waals surface area contributed by atoms with Crippen LogP contribution in [0, 0.1) is 0 Å². The van der Waals surface area contributed by atoms with Crippen molar-refractivity contribution in [3.63, 3.8) is 0 Å². The topological polar surface area (TPSA) is 81.0 Å². The van der Waals surface area contributed by atoms with Crippen molar-refractivity contribution < 1.29 is 19.1 Å². The lowest BCUT2D eigenvalue weighted by Gasteiger charge is -2.11. The highest BCUT2D eigenvalue weighted by Crippen LogP contribution is 2.32. The molecule has 1 aliphatic heterocycles. The molecule has 2 aromatic carbocycles. The van der Waals surface area contributed by atoms with Gasteiger partial charge in [-0.2, -0.15) is 4.99 Å². The second-order valence-corrected chi connectivity index (χ2v) is 8.48. The molecule has 0 saturated carbocycles. The SMILES string of the molecule is CCOCCn1c(=NC(=O)CN2C(=O)c3ccccc3C2=O)sc2ccc(Cl)c(Cl)c21. The van der Waals surface area contributed by atoms with Gasteiger partial charge < -0.3 is 9.30 Å². The number of thiazole rings is 1. The zero-order chi connectivity index (χ0) is 22.1. The van der Waals surface area contributed by atoms with Crippen molar-refractivity contribution in [3.8, 4) is 0 Å². The normalized spacial score (nSPS) is 14.0. The Morgan fingerprint density at radius 1 is 1.10 bits per heavy atom. The molecule has 0 bridgehead atoms. The van der Waals surface area contributed by atoms with Gasteiger partial charge in [0, 0.05) is 13.2 Å². The van der Waals surface area contributed by atoms with Gasteiger partial charge in [0.05, 0.1) is 38.0 Å². The Bertz CT molecular complexity index is 1250. The van der Waals surface area contributed by atoms with Crippen molar-refractivity contribution in [1.82, 2.24) is 9.47 Å². The lowest BCUT2D eigenvalue weighted by molar-refractivity contribution is -0.118. The van der Waals surface area contributed by atoms with Crippen molar-refractivity contribution >= 4 is 62.5 Å². The number of fused-ring (bicyclic) bond motifs is 2. The molecule has 0 atom stereocenters. The van der Waals surface area contributed by atoms with Gasteiger partial charge in [0.25, 0.3) is 17.7 Å². The number of carbonyl (C=O) groups is 3. The van der Waals surface area contributed by atoms with Gasteiger partial charge in [0.15, 0.2) is 4.80 Å². The predicted molar refractivity (Wildman–Crippen MR) is 119 cm³/mol. The number of aromatic nitrogens is 1. The minimum atomic E-state index is -0.617. The number of halogens is 2. The number of hydrogen-bond donors (Lipinski definition) is 0. The number of hydrogen-bond acceptors (Lipinski definition) is 5. The summed E-state index contributed by atoms with van der Waals surface area (Å²) >= 11 is 13.9. The Balaban J connectivity index is 1.68. The second kappa shape index (κ2) is 8.92. The number of nitrogens with zero attached hydrogens (tertiary/aromatic N) is 3. The van der Waals surface area contributed by atoms with E-state index in [4.69, 9.17) is 27.9 Å². The molecule has 0 saturated heterocycles. The molecule has 10 heteroatoms. The van der Waals surface area contributed by atoms with Crippen LogP contribution in [-0.2, 0) is 16.1 Å². The van der Waals surface area contributed by atoms with E-state index in [2.05, 4.69) is 4.99 Å². The van der Waals surface area contributed by atoms with Crippen molar-refractivity contribution in [3.05, 3.63) is 62.4 Å². The van der Waals surface area contributed by atoms with Gasteiger partial charge in [0.1, 0.15) is 6.54 Å². The summed E-state index contributed by atoms with van der Waals surface area (Å²) in [5.74, 6) is -1.62. The third-order valence-electron chi connectivity index (χ3n) is 4.79. The molecule has 0 fully saturated rings. The molecular formula is C21H17Cl2N3O4S. The molecule has 3 amide bonds. The Morgan fingerprint density at radius 3 is 2.42 bits per heavy atom. The maximum atomic E-state index is 12.7. The van der Waals surface area contributed by atoms with Crippen molar-refractivity contribution in [2.24, 2.45) is 4.99 Å². The van der Waals surface area contributed by atoms with E-state index in [9.17, 15) is 14.4 Å². The van der Waals surface area contributed by atoms with E-state index in [0.717, 1.165) is 9.60 Å². The lowest BCUT2D eigenvalue weighted by atomic mass is 10.1. The quantitative estimate of drug-likeness (QED) is 0.399.